The van der Waals surface area contributed by atoms with Crippen LogP contribution in [0.5, 0.6) is 11.5 Å². The van der Waals surface area contributed by atoms with Crippen LogP contribution >= 0.6 is 11.8 Å². The van der Waals surface area contributed by atoms with Crippen LogP contribution < -0.4 is 9.47 Å². The Balaban J connectivity index is 1.70. The molecule has 2 aromatic rings. The van der Waals surface area contributed by atoms with Gasteiger partial charge in [-0.25, -0.2) is 0 Å². The van der Waals surface area contributed by atoms with E-state index in [0.29, 0.717) is 12.2 Å². The molecular weight excluding hydrogens is 370 g/mol. The highest BCUT2D eigenvalue weighted by molar-refractivity contribution is 8.00. The summed E-state index contributed by atoms with van der Waals surface area (Å²) < 4.78 is 11.0. The van der Waals surface area contributed by atoms with Gasteiger partial charge in [0, 0.05) is 22.8 Å². The number of Topliss-reactive ketones (excluding diaryl/α,β-unsaturated/α-hetero) is 1. The highest BCUT2D eigenvalue weighted by Gasteiger charge is 2.53. The molecule has 1 aliphatic heterocycles. The Kier molecular flexibility index (Phi) is 5.39. The van der Waals surface area contributed by atoms with Gasteiger partial charge in [0.15, 0.2) is 11.5 Å². The largest absolute Gasteiger partial charge is 0.493 e. The molecule has 1 saturated carbocycles. The number of methoxy groups -OCH3 is 2. The number of hydrogen-bond acceptors (Lipinski definition) is 5. The summed E-state index contributed by atoms with van der Waals surface area (Å²) >= 11 is 1.71. The molecule has 4 nitrogen and oxygen atoms in total. The molecule has 1 unspecified atom stereocenters. The van der Waals surface area contributed by atoms with Gasteiger partial charge in [-0.15, -0.1) is 11.8 Å². The third-order valence-electron chi connectivity index (χ3n) is 6.36. The van der Waals surface area contributed by atoms with Crippen molar-refractivity contribution in [1.29, 1.82) is 0 Å². The first-order valence-electron chi connectivity index (χ1n) is 9.74. The number of rotatable bonds is 5. The minimum Gasteiger partial charge on any atom is -0.493 e. The number of benzene rings is 2. The molecule has 3 atom stereocenters. The van der Waals surface area contributed by atoms with E-state index in [1.165, 1.54) is 5.56 Å². The molecule has 28 heavy (non-hydrogen) atoms. The van der Waals surface area contributed by atoms with Crippen LogP contribution in [0.4, 0.5) is 0 Å². The van der Waals surface area contributed by atoms with Crippen molar-refractivity contribution in [2.75, 3.05) is 27.8 Å². The summed E-state index contributed by atoms with van der Waals surface area (Å²) in [4.78, 5) is 16.5. The number of ether oxygens (including phenoxy) is 2. The van der Waals surface area contributed by atoms with Gasteiger partial charge in [0.1, 0.15) is 5.78 Å². The molecular formula is C23H27NO3S. The van der Waals surface area contributed by atoms with Crippen molar-refractivity contribution >= 4 is 17.5 Å². The summed E-state index contributed by atoms with van der Waals surface area (Å²) in [6.45, 7) is 1.01. The van der Waals surface area contributed by atoms with Gasteiger partial charge in [-0.1, -0.05) is 24.3 Å². The number of ketones is 1. The van der Waals surface area contributed by atoms with E-state index in [1.807, 2.05) is 24.3 Å². The molecule has 1 heterocycles. The third-order valence-corrected chi connectivity index (χ3v) is 7.62. The normalized spacial score (nSPS) is 27.5. The minimum atomic E-state index is -0.0331. The molecule has 4 rings (SSSR count). The van der Waals surface area contributed by atoms with E-state index in [9.17, 15) is 4.79 Å². The van der Waals surface area contributed by atoms with Gasteiger partial charge in [0.25, 0.3) is 0 Å². The summed E-state index contributed by atoms with van der Waals surface area (Å²) in [5.41, 5.74) is 1.22. The smallest absolute Gasteiger partial charge is 0.161 e. The van der Waals surface area contributed by atoms with Crippen molar-refractivity contribution in [2.45, 2.75) is 40.9 Å². The molecule has 0 radical (unpaired) electrons. The first-order valence-corrected chi connectivity index (χ1v) is 10.6. The van der Waals surface area contributed by atoms with Crippen LogP contribution in [0.25, 0.3) is 0 Å². The van der Waals surface area contributed by atoms with Crippen molar-refractivity contribution in [3.8, 4) is 11.5 Å². The number of thioether (sulfide) groups is 1. The average molecular weight is 398 g/mol. The Morgan fingerprint density at radius 3 is 2.54 bits per heavy atom. The van der Waals surface area contributed by atoms with Crippen molar-refractivity contribution in [3.63, 3.8) is 0 Å². The summed E-state index contributed by atoms with van der Waals surface area (Å²) in [5, 5.41) is -0.0155. The second-order valence-electron chi connectivity index (χ2n) is 7.77. The predicted molar refractivity (Wildman–Crippen MR) is 113 cm³/mol. The number of likely N-dealkylation sites (tertiary alicyclic amines) is 1. The van der Waals surface area contributed by atoms with Crippen LogP contribution in [0, 0.1) is 0 Å². The van der Waals surface area contributed by atoms with Crippen LogP contribution in [-0.2, 0) is 10.2 Å². The molecule has 148 valence electrons. The zero-order valence-corrected chi connectivity index (χ0v) is 17.5. The summed E-state index contributed by atoms with van der Waals surface area (Å²) in [6.07, 6.45) is 2.52. The highest BCUT2D eigenvalue weighted by atomic mass is 32.2. The van der Waals surface area contributed by atoms with Gasteiger partial charge >= 0.3 is 0 Å². The Hall–Kier alpha value is -1.98. The molecule has 1 saturated heterocycles. The highest BCUT2D eigenvalue weighted by Crippen LogP contribution is 2.51. The van der Waals surface area contributed by atoms with E-state index >= 15 is 0 Å². The molecule has 2 aromatic carbocycles. The Morgan fingerprint density at radius 1 is 1.07 bits per heavy atom. The third kappa shape index (κ3) is 3.31. The standard InChI is InChI=1S/C23H27NO3S/c1-24-12-11-23(16-9-10-19(26-2)20(13-16)27-3)15-21(18(25)14-22(23)24)28-17-7-5-4-6-8-17/h4-10,13,21-22H,11-12,14-15H2,1-3H3/t21?,22-,23+/m1/s1. The van der Waals surface area contributed by atoms with E-state index in [2.05, 4.69) is 36.2 Å². The van der Waals surface area contributed by atoms with Crippen LogP contribution in [0.3, 0.4) is 0 Å². The maximum atomic E-state index is 13.0. The molecule has 2 fully saturated rings. The first kappa shape index (κ1) is 19.3. The van der Waals surface area contributed by atoms with Crippen molar-refractivity contribution in [2.24, 2.45) is 0 Å². The average Bonchev–Trinajstić information content (AvgIpc) is 3.05. The monoisotopic (exact) mass is 397 g/mol. The lowest BCUT2D eigenvalue weighted by Gasteiger charge is -2.44. The predicted octanol–water partition coefficient (Wildman–Crippen LogP) is 4.17. The Bertz CT molecular complexity index is 856. The minimum absolute atomic E-state index is 0.0155. The summed E-state index contributed by atoms with van der Waals surface area (Å²) in [7, 11) is 5.48. The maximum Gasteiger partial charge on any atom is 0.161 e. The zero-order valence-electron chi connectivity index (χ0n) is 16.7. The lowest BCUT2D eigenvalue weighted by atomic mass is 9.65. The molecule has 0 aromatic heterocycles. The molecule has 2 aliphatic rings. The van der Waals surface area contributed by atoms with E-state index < -0.39 is 0 Å². The number of hydrogen-bond donors (Lipinski definition) is 0. The molecule has 0 spiro atoms. The fourth-order valence-electron chi connectivity index (χ4n) is 4.85. The Morgan fingerprint density at radius 2 is 1.82 bits per heavy atom. The van der Waals surface area contributed by atoms with Crippen LogP contribution in [0.2, 0.25) is 0 Å². The van der Waals surface area contributed by atoms with Gasteiger partial charge in [0.05, 0.1) is 19.5 Å². The number of likely N-dealkylation sites (N-methyl/N-ethyl adjacent to an activating group) is 1. The summed E-state index contributed by atoms with van der Waals surface area (Å²) in [6, 6.07) is 16.8. The molecule has 0 N–H and O–H groups in total. The van der Waals surface area contributed by atoms with E-state index in [-0.39, 0.29) is 16.7 Å². The second kappa shape index (κ2) is 7.80. The number of carbonyl (C=O) groups is 1. The van der Waals surface area contributed by atoms with E-state index in [4.69, 9.17) is 9.47 Å². The van der Waals surface area contributed by atoms with E-state index in [1.54, 1.807) is 26.0 Å². The van der Waals surface area contributed by atoms with Crippen LogP contribution in [0.15, 0.2) is 53.4 Å². The van der Waals surface area contributed by atoms with Crippen molar-refractivity contribution in [3.05, 3.63) is 54.1 Å². The molecule has 5 heteroatoms. The van der Waals surface area contributed by atoms with Crippen LogP contribution in [0.1, 0.15) is 24.8 Å². The Labute approximate surface area is 171 Å². The SMILES string of the molecule is COc1ccc([C@@]23CCN(C)[C@@H]2CC(=O)C(Sc2ccccc2)C3)cc1OC. The topological polar surface area (TPSA) is 38.8 Å². The molecule has 0 amide bonds. The zero-order chi connectivity index (χ0) is 19.7. The quantitative estimate of drug-likeness (QED) is 0.757. The fraction of sp³-hybridized carbons (Fsp3) is 0.435. The van der Waals surface area contributed by atoms with Gasteiger partial charge < -0.3 is 14.4 Å². The van der Waals surface area contributed by atoms with Crippen molar-refractivity contribution in [1.82, 2.24) is 4.90 Å². The number of fused-ring (bicyclic) bond motifs is 1. The lowest BCUT2D eigenvalue weighted by molar-refractivity contribution is -0.122. The fourth-order valence-corrected chi connectivity index (χ4v) is 6.10. The second-order valence-corrected chi connectivity index (χ2v) is 9.04. The molecule has 1 aliphatic carbocycles. The van der Waals surface area contributed by atoms with Gasteiger partial charge in [-0.2, -0.15) is 0 Å². The van der Waals surface area contributed by atoms with Crippen molar-refractivity contribution < 1.29 is 14.3 Å². The lowest BCUT2D eigenvalue weighted by Crippen LogP contribution is -2.50. The number of carbonyl (C=O) groups excluding carboxylic acids is 1. The summed E-state index contributed by atoms with van der Waals surface area (Å²) in [5.74, 6) is 1.86. The van der Waals surface area contributed by atoms with Gasteiger partial charge in [-0.3, -0.25) is 4.79 Å². The van der Waals surface area contributed by atoms with Crippen LogP contribution in [-0.4, -0.2) is 49.8 Å². The first-order chi connectivity index (χ1) is 13.6. The maximum absolute atomic E-state index is 13.0. The van der Waals surface area contributed by atoms with Gasteiger partial charge in [-0.05, 0) is 56.3 Å². The number of nitrogens with zero attached hydrogens (tertiary/aromatic N) is 1. The molecule has 0 bridgehead atoms. The van der Waals surface area contributed by atoms with Gasteiger partial charge in [0.2, 0.25) is 0 Å². The van der Waals surface area contributed by atoms with E-state index in [0.717, 1.165) is 35.8 Å².